The number of pyridine rings is 1. The highest BCUT2D eigenvalue weighted by molar-refractivity contribution is 7.99. The van der Waals surface area contributed by atoms with Gasteiger partial charge in [0.25, 0.3) is 5.76 Å². The average Bonchev–Trinajstić information content (AvgIpc) is 2.46. The number of hydrogen-bond acceptors (Lipinski definition) is 4. The highest BCUT2D eigenvalue weighted by Gasteiger charge is 2.04. The third-order valence-electron chi connectivity index (χ3n) is 2.58. The van der Waals surface area contributed by atoms with Gasteiger partial charge in [-0.3, -0.25) is 0 Å². The maximum Gasteiger partial charge on any atom is 0.288 e. The second-order valence-electron chi connectivity index (χ2n) is 3.97. The Balaban J connectivity index is 1.89. The smallest absolute Gasteiger partial charge is 0.288 e. The molecular formula is C14H14F2N2OS. The number of rotatable bonds is 6. The molecule has 0 saturated carbocycles. The van der Waals surface area contributed by atoms with Crippen molar-refractivity contribution in [1.82, 2.24) is 4.98 Å². The monoisotopic (exact) mass is 296 g/mol. The van der Waals surface area contributed by atoms with Crippen LogP contribution < -0.4 is 10.1 Å². The molecule has 0 bridgehead atoms. The number of methoxy groups -OCH3 is 1. The summed E-state index contributed by atoms with van der Waals surface area (Å²) in [5.41, 5.74) is 1.89. The van der Waals surface area contributed by atoms with Crippen molar-refractivity contribution in [2.45, 2.75) is 17.2 Å². The van der Waals surface area contributed by atoms with Crippen molar-refractivity contribution in [3.8, 4) is 5.88 Å². The fraction of sp³-hybridized carbons (Fsp3) is 0.214. The van der Waals surface area contributed by atoms with Crippen LogP contribution in [0.25, 0.3) is 0 Å². The van der Waals surface area contributed by atoms with E-state index in [-0.39, 0.29) is 0 Å². The van der Waals surface area contributed by atoms with Gasteiger partial charge in [0.1, 0.15) is 0 Å². The van der Waals surface area contributed by atoms with Gasteiger partial charge in [-0.25, -0.2) is 4.98 Å². The van der Waals surface area contributed by atoms with Gasteiger partial charge in [-0.1, -0.05) is 17.8 Å². The SMILES string of the molecule is COc1ccc(CNc2ccc(SC(F)F)cc2)cn1. The first-order chi connectivity index (χ1) is 9.67. The van der Waals surface area contributed by atoms with E-state index in [1.807, 2.05) is 6.07 Å². The molecule has 1 heterocycles. The van der Waals surface area contributed by atoms with E-state index >= 15 is 0 Å². The molecule has 0 aliphatic rings. The number of thioether (sulfide) groups is 1. The van der Waals surface area contributed by atoms with Gasteiger partial charge in [0.2, 0.25) is 5.88 Å². The summed E-state index contributed by atoms with van der Waals surface area (Å²) < 4.78 is 29.3. The summed E-state index contributed by atoms with van der Waals surface area (Å²) >= 11 is 0.541. The molecule has 0 aliphatic carbocycles. The molecule has 1 aromatic heterocycles. The Bertz CT molecular complexity index is 532. The highest BCUT2D eigenvalue weighted by atomic mass is 32.2. The van der Waals surface area contributed by atoms with Gasteiger partial charge in [-0.2, -0.15) is 8.78 Å². The molecule has 2 aromatic rings. The van der Waals surface area contributed by atoms with Gasteiger partial charge in [0.05, 0.1) is 7.11 Å². The second kappa shape index (κ2) is 7.09. The zero-order valence-corrected chi connectivity index (χ0v) is 11.7. The van der Waals surface area contributed by atoms with Crippen LogP contribution in [0.5, 0.6) is 5.88 Å². The van der Waals surface area contributed by atoms with Crippen LogP contribution in [0.3, 0.4) is 0 Å². The standard InChI is InChI=1S/C14H14F2N2OS/c1-19-13-7-2-10(9-18-13)8-17-11-3-5-12(6-4-11)20-14(15)16/h2-7,9,14,17H,8H2,1H3. The fourth-order valence-electron chi connectivity index (χ4n) is 1.59. The van der Waals surface area contributed by atoms with Crippen LogP contribution in [0, 0.1) is 0 Å². The number of nitrogens with one attached hydrogen (secondary N) is 1. The third-order valence-corrected chi connectivity index (χ3v) is 3.31. The maximum atomic E-state index is 12.2. The minimum Gasteiger partial charge on any atom is -0.481 e. The van der Waals surface area contributed by atoms with Gasteiger partial charge in [-0.05, 0) is 29.8 Å². The van der Waals surface area contributed by atoms with E-state index in [0.717, 1.165) is 11.3 Å². The lowest BCUT2D eigenvalue weighted by Crippen LogP contribution is -2.00. The summed E-state index contributed by atoms with van der Waals surface area (Å²) in [5, 5.41) is 3.20. The van der Waals surface area contributed by atoms with Crippen LogP contribution in [-0.4, -0.2) is 17.9 Å². The molecule has 0 unspecified atom stereocenters. The van der Waals surface area contributed by atoms with Gasteiger partial charge in [-0.15, -0.1) is 0 Å². The molecule has 0 fully saturated rings. The van der Waals surface area contributed by atoms with E-state index in [9.17, 15) is 8.78 Å². The highest BCUT2D eigenvalue weighted by Crippen LogP contribution is 2.26. The number of hydrogen-bond donors (Lipinski definition) is 1. The molecule has 20 heavy (non-hydrogen) atoms. The predicted molar refractivity (Wildman–Crippen MR) is 76.4 cm³/mol. The van der Waals surface area contributed by atoms with Crippen molar-refractivity contribution in [1.29, 1.82) is 0 Å². The lowest BCUT2D eigenvalue weighted by molar-refractivity contribution is 0.252. The van der Waals surface area contributed by atoms with Crippen LogP contribution in [0.15, 0.2) is 47.5 Å². The Morgan fingerprint density at radius 2 is 1.95 bits per heavy atom. The number of nitrogens with zero attached hydrogens (tertiary/aromatic N) is 1. The molecular weight excluding hydrogens is 282 g/mol. The molecule has 0 saturated heterocycles. The molecule has 0 amide bonds. The number of alkyl halides is 2. The van der Waals surface area contributed by atoms with Crippen LogP contribution >= 0.6 is 11.8 Å². The number of ether oxygens (including phenoxy) is 1. The van der Waals surface area contributed by atoms with Crippen molar-refractivity contribution < 1.29 is 13.5 Å². The van der Waals surface area contributed by atoms with Crippen LogP contribution in [0.2, 0.25) is 0 Å². The van der Waals surface area contributed by atoms with Gasteiger partial charge in [0, 0.05) is 29.4 Å². The molecule has 0 aliphatic heterocycles. The van der Waals surface area contributed by atoms with Crippen molar-refractivity contribution in [2.75, 3.05) is 12.4 Å². The Labute approximate surface area is 120 Å². The lowest BCUT2D eigenvalue weighted by Gasteiger charge is -2.08. The van der Waals surface area contributed by atoms with Crippen LogP contribution in [0.4, 0.5) is 14.5 Å². The molecule has 3 nitrogen and oxygen atoms in total. The summed E-state index contributed by atoms with van der Waals surface area (Å²) in [6, 6.07) is 10.6. The van der Waals surface area contributed by atoms with Crippen LogP contribution in [0.1, 0.15) is 5.56 Å². The molecule has 106 valence electrons. The summed E-state index contributed by atoms with van der Waals surface area (Å²) in [7, 11) is 1.57. The third kappa shape index (κ3) is 4.38. The number of aromatic nitrogens is 1. The second-order valence-corrected chi connectivity index (χ2v) is 5.03. The van der Waals surface area contributed by atoms with E-state index in [4.69, 9.17) is 4.74 Å². The topological polar surface area (TPSA) is 34.1 Å². The first-order valence-corrected chi connectivity index (χ1v) is 6.83. The van der Waals surface area contributed by atoms with Gasteiger partial charge < -0.3 is 10.1 Å². The van der Waals surface area contributed by atoms with Crippen molar-refractivity contribution in [2.24, 2.45) is 0 Å². The number of halogens is 2. The lowest BCUT2D eigenvalue weighted by atomic mass is 10.2. The first kappa shape index (κ1) is 14.6. The summed E-state index contributed by atoms with van der Waals surface area (Å²) in [6.45, 7) is 0.609. The van der Waals surface area contributed by atoms with E-state index in [0.29, 0.717) is 29.1 Å². The predicted octanol–water partition coefficient (Wildman–Crippen LogP) is 4.02. The molecule has 0 spiro atoms. The fourth-order valence-corrected chi connectivity index (χ4v) is 2.09. The first-order valence-electron chi connectivity index (χ1n) is 5.95. The Morgan fingerprint density at radius 3 is 2.50 bits per heavy atom. The van der Waals surface area contributed by atoms with Crippen molar-refractivity contribution >= 4 is 17.4 Å². The van der Waals surface area contributed by atoms with E-state index in [2.05, 4.69) is 10.3 Å². The zero-order valence-electron chi connectivity index (χ0n) is 10.8. The Kier molecular flexibility index (Phi) is 5.17. The summed E-state index contributed by atoms with van der Waals surface area (Å²) in [4.78, 5) is 4.66. The number of anilines is 1. The summed E-state index contributed by atoms with van der Waals surface area (Å²) in [5.74, 6) is -1.82. The van der Waals surface area contributed by atoms with Crippen LogP contribution in [-0.2, 0) is 6.54 Å². The van der Waals surface area contributed by atoms with E-state index in [1.54, 1.807) is 43.6 Å². The molecule has 2 rings (SSSR count). The van der Waals surface area contributed by atoms with Crippen molar-refractivity contribution in [3.63, 3.8) is 0 Å². The maximum absolute atomic E-state index is 12.2. The normalized spacial score (nSPS) is 10.6. The Morgan fingerprint density at radius 1 is 1.20 bits per heavy atom. The Hall–Kier alpha value is -1.82. The minimum atomic E-state index is -2.39. The molecule has 1 aromatic carbocycles. The molecule has 0 radical (unpaired) electrons. The number of benzene rings is 1. The minimum absolute atomic E-state index is 0.541. The van der Waals surface area contributed by atoms with Gasteiger partial charge >= 0.3 is 0 Å². The largest absolute Gasteiger partial charge is 0.481 e. The van der Waals surface area contributed by atoms with E-state index < -0.39 is 5.76 Å². The summed E-state index contributed by atoms with van der Waals surface area (Å²) in [6.07, 6.45) is 1.73. The van der Waals surface area contributed by atoms with Gasteiger partial charge in [0.15, 0.2) is 0 Å². The zero-order chi connectivity index (χ0) is 14.4. The molecule has 6 heteroatoms. The average molecular weight is 296 g/mol. The molecule has 0 atom stereocenters. The van der Waals surface area contributed by atoms with E-state index in [1.165, 1.54) is 0 Å². The molecule has 1 N–H and O–H groups in total. The van der Waals surface area contributed by atoms with Crippen molar-refractivity contribution in [3.05, 3.63) is 48.2 Å². The quantitative estimate of drug-likeness (QED) is 0.817.